The minimum atomic E-state index is -0.535. The maximum atomic E-state index is 11.1. The van der Waals surface area contributed by atoms with E-state index in [0.29, 0.717) is 16.7 Å². The Morgan fingerprint density at radius 3 is 2.93 bits per heavy atom. The van der Waals surface area contributed by atoms with Crippen molar-refractivity contribution in [3.8, 4) is 5.75 Å². The molecule has 1 aromatic carbocycles. The van der Waals surface area contributed by atoms with Gasteiger partial charge >= 0.3 is 5.63 Å². The molecule has 4 heteroatoms. The average Bonchev–Trinajstić information content (AvgIpc) is 2.19. The standard InChI is InChI=1S/C10H7ClO3/c1-13-8-3-2-4-9-6(8)5-7(11)10(12)14-9/h2-5H,1H3. The molecule has 0 unspecified atom stereocenters. The molecule has 0 bridgehead atoms. The van der Waals surface area contributed by atoms with Crippen LogP contribution in [0.25, 0.3) is 11.0 Å². The van der Waals surface area contributed by atoms with Crippen LogP contribution < -0.4 is 10.4 Å². The Balaban J connectivity index is 2.88. The van der Waals surface area contributed by atoms with Gasteiger partial charge in [0.05, 0.1) is 12.5 Å². The number of ether oxygens (including phenoxy) is 1. The Morgan fingerprint density at radius 2 is 2.21 bits per heavy atom. The first-order valence-electron chi connectivity index (χ1n) is 3.99. The number of benzene rings is 1. The van der Waals surface area contributed by atoms with Crippen molar-refractivity contribution in [1.82, 2.24) is 0 Å². The average molecular weight is 211 g/mol. The van der Waals surface area contributed by atoms with E-state index >= 15 is 0 Å². The number of fused-ring (bicyclic) bond motifs is 1. The van der Waals surface area contributed by atoms with Gasteiger partial charge in [-0.05, 0) is 18.2 Å². The van der Waals surface area contributed by atoms with E-state index in [0.717, 1.165) is 0 Å². The van der Waals surface area contributed by atoms with Crippen LogP contribution in [0.1, 0.15) is 0 Å². The minimum absolute atomic E-state index is 0.0574. The fraction of sp³-hybridized carbons (Fsp3) is 0.100. The van der Waals surface area contributed by atoms with Crippen molar-refractivity contribution < 1.29 is 9.15 Å². The van der Waals surface area contributed by atoms with Crippen LogP contribution in [0.2, 0.25) is 5.02 Å². The smallest absolute Gasteiger partial charge is 0.355 e. The van der Waals surface area contributed by atoms with Gasteiger partial charge in [-0.2, -0.15) is 0 Å². The van der Waals surface area contributed by atoms with E-state index in [4.69, 9.17) is 20.8 Å². The summed E-state index contributed by atoms with van der Waals surface area (Å²) in [5.41, 5.74) is -0.0637. The zero-order chi connectivity index (χ0) is 10.1. The number of hydrogen-bond donors (Lipinski definition) is 0. The molecular formula is C10H7ClO3. The minimum Gasteiger partial charge on any atom is -0.496 e. The Labute approximate surface area is 84.9 Å². The van der Waals surface area contributed by atoms with Crippen molar-refractivity contribution in [2.75, 3.05) is 7.11 Å². The molecule has 2 rings (SSSR count). The third-order valence-corrected chi connectivity index (χ3v) is 2.18. The topological polar surface area (TPSA) is 39.4 Å². The Kier molecular flexibility index (Phi) is 2.17. The molecule has 14 heavy (non-hydrogen) atoms. The van der Waals surface area contributed by atoms with E-state index in [1.807, 2.05) is 0 Å². The molecular weight excluding hydrogens is 204 g/mol. The van der Waals surface area contributed by atoms with Crippen molar-refractivity contribution in [3.63, 3.8) is 0 Å². The highest BCUT2D eigenvalue weighted by atomic mass is 35.5. The summed E-state index contributed by atoms with van der Waals surface area (Å²) in [5, 5.41) is 0.751. The molecule has 0 amide bonds. The fourth-order valence-corrected chi connectivity index (χ4v) is 1.42. The molecule has 72 valence electrons. The zero-order valence-corrected chi connectivity index (χ0v) is 8.17. The van der Waals surface area contributed by atoms with E-state index in [2.05, 4.69) is 0 Å². The number of hydrogen-bond acceptors (Lipinski definition) is 3. The highest BCUT2D eigenvalue weighted by Crippen LogP contribution is 2.25. The van der Waals surface area contributed by atoms with Gasteiger partial charge in [-0.25, -0.2) is 4.79 Å². The Hall–Kier alpha value is -1.48. The van der Waals surface area contributed by atoms with E-state index in [9.17, 15) is 4.79 Å². The van der Waals surface area contributed by atoms with Crippen LogP contribution in [0.4, 0.5) is 0 Å². The highest BCUT2D eigenvalue weighted by Gasteiger charge is 2.06. The van der Waals surface area contributed by atoms with E-state index in [1.54, 1.807) is 31.4 Å². The molecule has 0 atom stereocenters. The lowest BCUT2D eigenvalue weighted by Crippen LogP contribution is -1.98. The summed E-state index contributed by atoms with van der Waals surface area (Å²) in [6, 6.07) is 6.76. The van der Waals surface area contributed by atoms with Crippen molar-refractivity contribution >= 4 is 22.6 Å². The van der Waals surface area contributed by atoms with Gasteiger partial charge < -0.3 is 9.15 Å². The summed E-state index contributed by atoms with van der Waals surface area (Å²) in [5.74, 6) is 0.633. The van der Waals surface area contributed by atoms with E-state index < -0.39 is 5.63 Å². The van der Waals surface area contributed by atoms with Crippen LogP contribution in [-0.4, -0.2) is 7.11 Å². The molecule has 0 spiro atoms. The summed E-state index contributed by atoms with van der Waals surface area (Å²) in [6.45, 7) is 0. The predicted octanol–water partition coefficient (Wildman–Crippen LogP) is 2.46. The summed E-state index contributed by atoms with van der Waals surface area (Å²) >= 11 is 5.65. The molecule has 1 heterocycles. The molecule has 0 saturated heterocycles. The normalized spacial score (nSPS) is 10.4. The first kappa shape index (κ1) is 9.09. The van der Waals surface area contributed by atoms with Crippen LogP contribution in [0, 0.1) is 0 Å². The zero-order valence-electron chi connectivity index (χ0n) is 7.41. The summed E-state index contributed by atoms with van der Waals surface area (Å²) in [4.78, 5) is 11.1. The van der Waals surface area contributed by atoms with Crippen LogP contribution in [0.3, 0.4) is 0 Å². The molecule has 0 aliphatic heterocycles. The lowest BCUT2D eigenvalue weighted by molar-refractivity contribution is 0.418. The van der Waals surface area contributed by atoms with Crippen LogP contribution in [0.5, 0.6) is 5.75 Å². The van der Waals surface area contributed by atoms with Gasteiger partial charge in [-0.15, -0.1) is 0 Å². The number of halogens is 1. The molecule has 3 nitrogen and oxygen atoms in total. The molecule has 0 aliphatic carbocycles. The van der Waals surface area contributed by atoms with Gasteiger partial charge in [0.15, 0.2) is 0 Å². The van der Waals surface area contributed by atoms with Crippen molar-refractivity contribution in [3.05, 3.63) is 39.7 Å². The second-order valence-electron chi connectivity index (χ2n) is 2.75. The van der Waals surface area contributed by atoms with Crippen molar-refractivity contribution in [2.45, 2.75) is 0 Å². The maximum absolute atomic E-state index is 11.1. The molecule has 0 aliphatic rings. The molecule has 1 aromatic heterocycles. The maximum Gasteiger partial charge on any atom is 0.355 e. The third kappa shape index (κ3) is 1.36. The first-order valence-corrected chi connectivity index (χ1v) is 4.36. The van der Waals surface area contributed by atoms with Crippen molar-refractivity contribution in [2.24, 2.45) is 0 Å². The summed E-state index contributed by atoms with van der Waals surface area (Å²) in [6.07, 6.45) is 0. The van der Waals surface area contributed by atoms with Gasteiger partial charge in [-0.3, -0.25) is 0 Å². The first-order chi connectivity index (χ1) is 6.72. The monoisotopic (exact) mass is 210 g/mol. The second kappa shape index (κ2) is 3.35. The molecule has 2 aromatic rings. The van der Waals surface area contributed by atoms with Gasteiger partial charge in [0.25, 0.3) is 0 Å². The highest BCUT2D eigenvalue weighted by molar-refractivity contribution is 6.30. The molecule has 0 radical (unpaired) electrons. The summed E-state index contributed by atoms with van der Waals surface area (Å²) in [7, 11) is 1.55. The molecule has 0 fully saturated rings. The third-order valence-electron chi connectivity index (χ3n) is 1.91. The number of rotatable bonds is 1. The van der Waals surface area contributed by atoms with Crippen LogP contribution in [-0.2, 0) is 0 Å². The van der Waals surface area contributed by atoms with Crippen LogP contribution in [0.15, 0.2) is 33.5 Å². The predicted molar refractivity (Wildman–Crippen MR) is 54.0 cm³/mol. The van der Waals surface area contributed by atoms with E-state index in [-0.39, 0.29) is 5.02 Å². The Bertz CT molecular complexity index is 530. The van der Waals surface area contributed by atoms with Crippen LogP contribution >= 0.6 is 11.6 Å². The number of methoxy groups -OCH3 is 1. The molecule has 0 N–H and O–H groups in total. The van der Waals surface area contributed by atoms with Gasteiger partial charge in [-0.1, -0.05) is 17.7 Å². The van der Waals surface area contributed by atoms with Gasteiger partial charge in [0.1, 0.15) is 16.4 Å². The second-order valence-corrected chi connectivity index (χ2v) is 3.16. The summed E-state index contributed by atoms with van der Waals surface area (Å²) < 4.78 is 10.1. The lowest BCUT2D eigenvalue weighted by Gasteiger charge is -2.03. The van der Waals surface area contributed by atoms with Gasteiger partial charge in [0, 0.05) is 0 Å². The SMILES string of the molecule is COc1cccc2oc(=O)c(Cl)cc12. The lowest BCUT2D eigenvalue weighted by atomic mass is 10.2. The Morgan fingerprint density at radius 1 is 1.43 bits per heavy atom. The van der Waals surface area contributed by atoms with E-state index in [1.165, 1.54) is 0 Å². The van der Waals surface area contributed by atoms with Gasteiger partial charge in [0.2, 0.25) is 0 Å². The molecule has 0 saturated carbocycles. The fourth-order valence-electron chi connectivity index (χ4n) is 1.27. The quantitative estimate of drug-likeness (QED) is 0.679. The van der Waals surface area contributed by atoms with Crippen molar-refractivity contribution in [1.29, 1.82) is 0 Å². The largest absolute Gasteiger partial charge is 0.496 e.